The van der Waals surface area contributed by atoms with Crippen molar-refractivity contribution >= 4 is 5.91 Å². The smallest absolute Gasteiger partial charge is 0.234 e. The van der Waals surface area contributed by atoms with E-state index < -0.39 is 0 Å². The largest absolute Gasteiger partial charge is 0.493 e. The molecule has 0 spiro atoms. The summed E-state index contributed by atoms with van der Waals surface area (Å²) >= 11 is 0. The van der Waals surface area contributed by atoms with Gasteiger partial charge in [0.15, 0.2) is 0 Å². The number of ether oxygens (including phenoxy) is 1. The van der Waals surface area contributed by atoms with Gasteiger partial charge in [0.05, 0.1) is 12.6 Å². The van der Waals surface area contributed by atoms with Gasteiger partial charge in [-0.25, -0.2) is 0 Å². The maximum atomic E-state index is 11.0. The van der Waals surface area contributed by atoms with Crippen LogP contribution in [0.2, 0.25) is 0 Å². The zero-order chi connectivity index (χ0) is 12.3. The number of benzene rings is 1. The second kappa shape index (κ2) is 5.19. The highest BCUT2D eigenvalue weighted by Crippen LogP contribution is 2.32. The van der Waals surface area contributed by atoms with Gasteiger partial charge in [-0.3, -0.25) is 4.79 Å². The van der Waals surface area contributed by atoms with Gasteiger partial charge in [-0.1, -0.05) is 18.2 Å². The van der Waals surface area contributed by atoms with Crippen molar-refractivity contribution in [2.75, 3.05) is 13.2 Å². The Kier molecular flexibility index (Phi) is 3.64. The normalized spacial score (nSPS) is 20.2. The van der Waals surface area contributed by atoms with Crippen molar-refractivity contribution in [3.05, 3.63) is 29.8 Å². The van der Waals surface area contributed by atoms with Gasteiger partial charge < -0.3 is 15.8 Å². The number of carbonyl (C=O) groups is 1. The van der Waals surface area contributed by atoms with E-state index in [2.05, 4.69) is 11.4 Å². The van der Waals surface area contributed by atoms with Crippen LogP contribution in [0.5, 0.6) is 5.75 Å². The average Bonchev–Trinajstić information content (AvgIpc) is 2.35. The van der Waals surface area contributed by atoms with Crippen molar-refractivity contribution in [1.82, 2.24) is 5.32 Å². The fourth-order valence-corrected chi connectivity index (χ4v) is 2.05. The van der Waals surface area contributed by atoms with Crippen LogP contribution in [0.25, 0.3) is 0 Å². The number of fused-ring (bicyclic) bond motifs is 1. The molecule has 1 aliphatic rings. The maximum Gasteiger partial charge on any atom is 0.234 e. The highest BCUT2D eigenvalue weighted by molar-refractivity contribution is 5.79. The Labute approximate surface area is 101 Å². The summed E-state index contributed by atoms with van der Waals surface area (Å²) < 4.78 is 5.59. The van der Waals surface area contributed by atoms with Crippen LogP contribution in [0.15, 0.2) is 24.3 Å². The first-order chi connectivity index (χ1) is 8.18. The van der Waals surface area contributed by atoms with Crippen molar-refractivity contribution in [3.63, 3.8) is 0 Å². The molecule has 3 N–H and O–H groups in total. The molecular weight excluding hydrogens is 216 g/mol. The summed E-state index contributed by atoms with van der Waals surface area (Å²) in [6, 6.07) is 7.76. The van der Waals surface area contributed by atoms with Crippen LogP contribution in [-0.2, 0) is 4.79 Å². The van der Waals surface area contributed by atoms with Crippen LogP contribution in [0, 0.1) is 0 Å². The molecule has 2 unspecified atom stereocenters. The minimum atomic E-state index is -0.314. The Morgan fingerprint density at radius 3 is 3.12 bits per heavy atom. The fraction of sp³-hybridized carbons (Fsp3) is 0.462. The lowest BCUT2D eigenvalue weighted by Gasteiger charge is -2.26. The van der Waals surface area contributed by atoms with Crippen LogP contribution in [0.4, 0.5) is 0 Å². The average molecular weight is 234 g/mol. The molecule has 17 heavy (non-hydrogen) atoms. The standard InChI is InChI=1S/C13H18N2O2/c1-9(13(14)16)15-8-10-6-7-17-12-5-3-2-4-11(10)12/h2-5,9-10,15H,6-8H2,1H3,(H2,14,16). The molecule has 2 atom stereocenters. The first kappa shape index (κ1) is 11.9. The molecule has 0 saturated heterocycles. The highest BCUT2D eigenvalue weighted by Gasteiger charge is 2.21. The molecule has 0 saturated carbocycles. The minimum Gasteiger partial charge on any atom is -0.493 e. The molecule has 1 aromatic carbocycles. The minimum absolute atomic E-state index is 0.287. The lowest BCUT2D eigenvalue weighted by Crippen LogP contribution is -2.41. The number of rotatable bonds is 4. The van der Waals surface area contributed by atoms with Gasteiger partial charge in [0.2, 0.25) is 5.91 Å². The van der Waals surface area contributed by atoms with Gasteiger partial charge in [-0.2, -0.15) is 0 Å². The third kappa shape index (κ3) is 2.77. The Hall–Kier alpha value is -1.55. The zero-order valence-corrected chi connectivity index (χ0v) is 9.98. The predicted octanol–water partition coefficient (Wildman–Crippen LogP) is 1.02. The summed E-state index contributed by atoms with van der Waals surface area (Å²) in [7, 11) is 0. The van der Waals surface area contributed by atoms with Crippen LogP contribution in [0.3, 0.4) is 0 Å². The molecule has 1 aliphatic heterocycles. The van der Waals surface area contributed by atoms with Crippen molar-refractivity contribution in [2.45, 2.75) is 25.3 Å². The second-order valence-electron chi connectivity index (χ2n) is 4.40. The number of hydrogen-bond donors (Lipinski definition) is 2. The number of hydrogen-bond acceptors (Lipinski definition) is 3. The molecule has 0 aliphatic carbocycles. The Bertz CT molecular complexity index is 406. The molecule has 0 fully saturated rings. The molecule has 0 bridgehead atoms. The number of amides is 1. The monoisotopic (exact) mass is 234 g/mol. The molecule has 1 aromatic rings. The third-order valence-corrected chi connectivity index (χ3v) is 3.18. The number of para-hydroxylation sites is 1. The van der Waals surface area contributed by atoms with E-state index in [-0.39, 0.29) is 11.9 Å². The van der Waals surface area contributed by atoms with Crippen molar-refractivity contribution < 1.29 is 9.53 Å². The summed E-state index contributed by atoms with van der Waals surface area (Å²) in [5.74, 6) is 1.03. The second-order valence-corrected chi connectivity index (χ2v) is 4.40. The summed E-state index contributed by atoms with van der Waals surface area (Å²) in [5, 5.41) is 3.16. The van der Waals surface area contributed by atoms with E-state index in [0.717, 1.165) is 25.3 Å². The zero-order valence-electron chi connectivity index (χ0n) is 9.98. The van der Waals surface area contributed by atoms with Gasteiger partial charge in [0.25, 0.3) is 0 Å². The van der Waals surface area contributed by atoms with E-state index in [9.17, 15) is 4.79 Å². The lowest BCUT2D eigenvalue weighted by molar-refractivity contribution is -0.119. The summed E-state index contributed by atoms with van der Waals surface area (Å²) in [5.41, 5.74) is 6.43. The molecular formula is C13H18N2O2. The van der Waals surface area contributed by atoms with E-state index in [1.165, 1.54) is 5.56 Å². The van der Waals surface area contributed by atoms with Crippen LogP contribution in [-0.4, -0.2) is 25.1 Å². The van der Waals surface area contributed by atoms with Gasteiger partial charge in [0.1, 0.15) is 5.75 Å². The highest BCUT2D eigenvalue weighted by atomic mass is 16.5. The summed E-state index contributed by atoms with van der Waals surface area (Å²) in [6.07, 6.45) is 0.968. The van der Waals surface area contributed by atoms with Gasteiger partial charge >= 0.3 is 0 Å². The quantitative estimate of drug-likeness (QED) is 0.817. The van der Waals surface area contributed by atoms with E-state index in [1.54, 1.807) is 6.92 Å². The van der Waals surface area contributed by atoms with Crippen LogP contribution in [0.1, 0.15) is 24.8 Å². The SMILES string of the molecule is CC(NCC1CCOc2ccccc21)C(N)=O. The first-order valence-electron chi connectivity index (χ1n) is 5.93. The molecule has 0 aromatic heterocycles. The van der Waals surface area contributed by atoms with Gasteiger partial charge in [-0.05, 0) is 25.0 Å². The van der Waals surface area contributed by atoms with Gasteiger partial charge in [-0.15, -0.1) is 0 Å². The molecule has 1 heterocycles. The Morgan fingerprint density at radius 2 is 2.35 bits per heavy atom. The molecule has 2 rings (SSSR count). The maximum absolute atomic E-state index is 11.0. The summed E-state index contributed by atoms with van der Waals surface area (Å²) in [6.45, 7) is 3.27. The van der Waals surface area contributed by atoms with E-state index in [1.807, 2.05) is 18.2 Å². The number of nitrogens with two attached hydrogens (primary N) is 1. The van der Waals surface area contributed by atoms with Crippen LogP contribution < -0.4 is 15.8 Å². The van der Waals surface area contributed by atoms with Crippen molar-refractivity contribution in [3.8, 4) is 5.75 Å². The Balaban J connectivity index is 2.01. The fourth-order valence-electron chi connectivity index (χ4n) is 2.05. The van der Waals surface area contributed by atoms with Gasteiger partial charge in [0, 0.05) is 12.5 Å². The number of primary amides is 1. The molecule has 92 valence electrons. The number of nitrogens with one attached hydrogen (secondary N) is 1. The van der Waals surface area contributed by atoms with Crippen LogP contribution >= 0.6 is 0 Å². The number of carbonyl (C=O) groups excluding carboxylic acids is 1. The molecule has 4 heteroatoms. The predicted molar refractivity (Wildman–Crippen MR) is 66.0 cm³/mol. The molecule has 1 amide bonds. The van der Waals surface area contributed by atoms with Crippen molar-refractivity contribution in [1.29, 1.82) is 0 Å². The van der Waals surface area contributed by atoms with E-state index in [4.69, 9.17) is 10.5 Å². The Morgan fingerprint density at radius 1 is 1.59 bits per heavy atom. The molecule has 4 nitrogen and oxygen atoms in total. The first-order valence-corrected chi connectivity index (χ1v) is 5.93. The topological polar surface area (TPSA) is 64.3 Å². The lowest BCUT2D eigenvalue weighted by atomic mass is 9.93. The van der Waals surface area contributed by atoms with Crippen molar-refractivity contribution in [2.24, 2.45) is 5.73 Å². The summed E-state index contributed by atoms with van der Waals surface area (Å²) in [4.78, 5) is 11.0. The molecule has 0 radical (unpaired) electrons. The third-order valence-electron chi connectivity index (χ3n) is 3.18. The van der Waals surface area contributed by atoms with E-state index in [0.29, 0.717) is 5.92 Å². The van der Waals surface area contributed by atoms with E-state index >= 15 is 0 Å².